The predicted octanol–water partition coefficient (Wildman–Crippen LogP) is 3.59. The minimum atomic E-state index is -0.124. The summed E-state index contributed by atoms with van der Waals surface area (Å²) in [6, 6.07) is 9.87. The zero-order valence-corrected chi connectivity index (χ0v) is 16.5. The Kier molecular flexibility index (Phi) is 7.69. The van der Waals surface area contributed by atoms with Crippen LogP contribution in [0.3, 0.4) is 0 Å². The number of rotatable bonds is 9. The fraction of sp³-hybridized carbons (Fsp3) is 0.350. The van der Waals surface area contributed by atoms with Crippen LogP contribution in [0.1, 0.15) is 23.4 Å². The number of carbonyl (C=O) groups is 1. The van der Waals surface area contributed by atoms with E-state index in [1.54, 1.807) is 24.5 Å². The Morgan fingerprint density at radius 2 is 2.12 bits per heavy atom. The Bertz CT molecular complexity index is 727. The Hall–Kier alpha value is -2.31. The van der Waals surface area contributed by atoms with Crippen LogP contribution in [-0.2, 0) is 4.79 Å². The fourth-order valence-electron chi connectivity index (χ4n) is 2.51. The van der Waals surface area contributed by atoms with Gasteiger partial charge in [0.05, 0.1) is 19.8 Å². The molecule has 0 spiro atoms. The van der Waals surface area contributed by atoms with Crippen LogP contribution in [0.5, 0.6) is 11.5 Å². The summed E-state index contributed by atoms with van der Waals surface area (Å²) < 4.78 is 10.8. The van der Waals surface area contributed by atoms with Crippen LogP contribution >= 0.6 is 11.3 Å². The van der Waals surface area contributed by atoms with Crippen molar-refractivity contribution in [2.24, 2.45) is 0 Å². The molecule has 0 aliphatic heterocycles. The van der Waals surface area contributed by atoms with Crippen LogP contribution in [0.4, 0.5) is 0 Å². The number of benzene rings is 1. The molecule has 0 saturated heterocycles. The molecule has 26 heavy (non-hydrogen) atoms. The summed E-state index contributed by atoms with van der Waals surface area (Å²) in [6.45, 7) is 3.06. The highest BCUT2D eigenvalue weighted by atomic mass is 32.1. The molecule has 0 aliphatic rings. The molecule has 0 saturated carbocycles. The van der Waals surface area contributed by atoms with Crippen LogP contribution in [0, 0.1) is 0 Å². The van der Waals surface area contributed by atoms with Gasteiger partial charge >= 0.3 is 0 Å². The molecule has 0 bridgehead atoms. The van der Waals surface area contributed by atoms with Crippen molar-refractivity contribution in [1.29, 1.82) is 0 Å². The number of nitrogens with one attached hydrogen (secondary N) is 1. The maximum absolute atomic E-state index is 12.2. The maximum atomic E-state index is 12.2. The Labute approximate surface area is 159 Å². The van der Waals surface area contributed by atoms with E-state index in [1.165, 1.54) is 11.0 Å². The second-order valence-corrected chi connectivity index (χ2v) is 6.90. The van der Waals surface area contributed by atoms with Crippen molar-refractivity contribution < 1.29 is 14.3 Å². The number of hydrogen-bond donors (Lipinski definition) is 1. The Balaban J connectivity index is 1.96. The van der Waals surface area contributed by atoms with Crippen molar-refractivity contribution in [3.8, 4) is 11.5 Å². The van der Waals surface area contributed by atoms with Gasteiger partial charge in [0.15, 0.2) is 11.5 Å². The molecular weight excluding hydrogens is 348 g/mol. The van der Waals surface area contributed by atoms with E-state index in [4.69, 9.17) is 9.47 Å². The SMILES string of the molecule is CCOc1ccc(/C=C/C(=O)NCC(c2cccs2)N(C)C)cc1OC. The lowest BCUT2D eigenvalue weighted by molar-refractivity contribution is -0.116. The highest BCUT2D eigenvalue weighted by Crippen LogP contribution is 2.28. The highest BCUT2D eigenvalue weighted by molar-refractivity contribution is 7.10. The standard InChI is InChI=1S/C20H26N2O3S/c1-5-25-17-10-8-15(13-18(17)24-4)9-11-20(23)21-14-16(22(2)3)19-7-6-12-26-19/h6-13,16H,5,14H2,1-4H3,(H,21,23)/b11-9+. The molecule has 140 valence electrons. The minimum absolute atomic E-state index is 0.124. The second-order valence-electron chi connectivity index (χ2n) is 5.92. The van der Waals surface area contributed by atoms with Gasteiger partial charge in [-0.05, 0) is 56.2 Å². The number of methoxy groups -OCH3 is 1. The lowest BCUT2D eigenvalue weighted by atomic mass is 10.2. The first-order valence-corrected chi connectivity index (χ1v) is 9.39. The number of thiophene rings is 1. The summed E-state index contributed by atoms with van der Waals surface area (Å²) in [4.78, 5) is 15.5. The molecule has 0 aliphatic carbocycles. The van der Waals surface area contributed by atoms with Gasteiger partial charge in [-0.1, -0.05) is 12.1 Å². The zero-order chi connectivity index (χ0) is 18.9. The van der Waals surface area contributed by atoms with Gasteiger partial charge in [0, 0.05) is 17.5 Å². The summed E-state index contributed by atoms with van der Waals surface area (Å²) in [5.41, 5.74) is 0.878. The van der Waals surface area contributed by atoms with Crippen molar-refractivity contribution in [1.82, 2.24) is 10.2 Å². The van der Waals surface area contributed by atoms with E-state index in [9.17, 15) is 4.79 Å². The number of carbonyl (C=O) groups excluding carboxylic acids is 1. The second kappa shape index (κ2) is 9.99. The quantitative estimate of drug-likeness (QED) is 0.682. The molecule has 0 radical (unpaired) electrons. The Morgan fingerprint density at radius 1 is 1.31 bits per heavy atom. The number of nitrogens with zero attached hydrogens (tertiary/aromatic N) is 1. The van der Waals surface area contributed by atoms with E-state index >= 15 is 0 Å². The molecule has 2 rings (SSSR count). The van der Waals surface area contributed by atoms with Crippen molar-refractivity contribution in [3.05, 3.63) is 52.2 Å². The first kappa shape index (κ1) is 20.0. The van der Waals surface area contributed by atoms with Crippen molar-refractivity contribution in [2.45, 2.75) is 13.0 Å². The summed E-state index contributed by atoms with van der Waals surface area (Å²) >= 11 is 1.69. The first-order valence-electron chi connectivity index (χ1n) is 8.51. The van der Waals surface area contributed by atoms with Gasteiger partial charge in [-0.3, -0.25) is 4.79 Å². The van der Waals surface area contributed by atoms with Crippen LogP contribution in [0.25, 0.3) is 6.08 Å². The van der Waals surface area contributed by atoms with Crippen LogP contribution < -0.4 is 14.8 Å². The van der Waals surface area contributed by atoms with Gasteiger partial charge in [0.1, 0.15) is 0 Å². The van der Waals surface area contributed by atoms with Crippen molar-refractivity contribution in [2.75, 3.05) is 34.4 Å². The number of likely N-dealkylation sites (N-methyl/N-ethyl adjacent to an activating group) is 1. The normalized spacial score (nSPS) is 12.3. The lowest BCUT2D eigenvalue weighted by Crippen LogP contribution is -2.33. The van der Waals surface area contributed by atoms with Crippen molar-refractivity contribution in [3.63, 3.8) is 0 Å². The third-order valence-electron chi connectivity index (χ3n) is 3.88. The minimum Gasteiger partial charge on any atom is -0.493 e. The monoisotopic (exact) mass is 374 g/mol. The van der Waals surface area contributed by atoms with E-state index in [-0.39, 0.29) is 11.9 Å². The van der Waals surface area contributed by atoms with Crippen LogP contribution in [0.15, 0.2) is 41.8 Å². The van der Waals surface area contributed by atoms with Gasteiger partial charge in [-0.25, -0.2) is 0 Å². The third kappa shape index (κ3) is 5.61. The van der Waals surface area contributed by atoms with E-state index in [0.717, 1.165) is 5.56 Å². The van der Waals surface area contributed by atoms with Crippen molar-refractivity contribution >= 4 is 23.3 Å². The van der Waals surface area contributed by atoms with E-state index < -0.39 is 0 Å². The largest absolute Gasteiger partial charge is 0.493 e. The zero-order valence-electron chi connectivity index (χ0n) is 15.7. The average molecular weight is 375 g/mol. The molecule has 6 heteroatoms. The summed E-state index contributed by atoms with van der Waals surface area (Å²) in [6.07, 6.45) is 3.31. The summed E-state index contributed by atoms with van der Waals surface area (Å²) in [5.74, 6) is 1.22. The topological polar surface area (TPSA) is 50.8 Å². The highest BCUT2D eigenvalue weighted by Gasteiger charge is 2.15. The molecule has 0 fully saturated rings. The third-order valence-corrected chi connectivity index (χ3v) is 4.85. The molecular formula is C20H26N2O3S. The smallest absolute Gasteiger partial charge is 0.244 e. The van der Waals surface area contributed by atoms with Crippen LogP contribution in [-0.4, -0.2) is 45.2 Å². The molecule has 1 unspecified atom stereocenters. The Morgan fingerprint density at radius 3 is 2.73 bits per heavy atom. The summed E-state index contributed by atoms with van der Waals surface area (Å²) in [5, 5.41) is 5.01. The van der Waals surface area contributed by atoms with E-state index in [2.05, 4.69) is 16.3 Å². The van der Waals surface area contributed by atoms with E-state index in [0.29, 0.717) is 24.7 Å². The lowest BCUT2D eigenvalue weighted by Gasteiger charge is -2.23. The number of hydrogen-bond acceptors (Lipinski definition) is 5. The van der Waals surface area contributed by atoms with Gasteiger partial charge in [-0.15, -0.1) is 11.3 Å². The van der Waals surface area contributed by atoms with E-state index in [1.807, 2.05) is 50.7 Å². The summed E-state index contributed by atoms with van der Waals surface area (Å²) in [7, 11) is 5.63. The number of ether oxygens (including phenoxy) is 2. The molecule has 1 aromatic heterocycles. The predicted molar refractivity (Wildman–Crippen MR) is 107 cm³/mol. The number of amides is 1. The van der Waals surface area contributed by atoms with Gasteiger partial charge < -0.3 is 19.7 Å². The van der Waals surface area contributed by atoms with Gasteiger partial charge in [-0.2, -0.15) is 0 Å². The van der Waals surface area contributed by atoms with Crippen LogP contribution in [0.2, 0.25) is 0 Å². The molecule has 1 atom stereocenters. The maximum Gasteiger partial charge on any atom is 0.244 e. The van der Waals surface area contributed by atoms with Gasteiger partial charge in [0.25, 0.3) is 0 Å². The average Bonchev–Trinajstić information content (AvgIpc) is 3.15. The van der Waals surface area contributed by atoms with Gasteiger partial charge in [0.2, 0.25) is 5.91 Å². The molecule has 1 N–H and O–H groups in total. The fourth-order valence-corrected chi connectivity index (χ4v) is 3.43. The first-order chi connectivity index (χ1) is 12.5. The molecule has 2 aromatic rings. The molecule has 1 aromatic carbocycles. The molecule has 5 nitrogen and oxygen atoms in total. The molecule has 1 amide bonds. The molecule has 1 heterocycles.